The largest absolute Gasteiger partial charge is 0.365 e. The van der Waals surface area contributed by atoms with Crippen molar-refractivity contribution in [3.05, 3.63) is 90.0 Å². The average molecular weight is 457 g/mol. The Hall–Kier alpha value is -3.80. The molecule has 34 heavy (non-hydrogen) atoms. The van der Waals surface area contributed by atoms with Crippen molar-refractivity contribution in [3.63, 3.8) is 0 Å². The number of rotatable bonds is 7. The Kier molecular flexibility index (Phi) is 6.87. The van der Waals surface area contributed by atoms with Crippen molar-refractivity contribution in [1.29, 1.82) is 0 Å². The lowest BCUT2D eigenvalue weighted by atomic mass is 9.95. The van der Waals surface area contributed by atoms with Crippen LogP contribution < -0.4 is 10.6 Å². The smallest absolute Gasteiger partial charge is 0.225 e. The van der Waals surface area contributed by atoms with Crippen LogP contribution in [0.4, 0.5) is 10.2 Å². The fraction of sp³-hybridized carbons (Fsp3) is 0.250. The molecule has 0 radical (unpaired) electrons. The summed E-state index contributed by atoms with van der Waals surface area (Å²) in [6.07, 6.45) is 1.97. The summed E-state index contributed by atoms with van der Waals surface area (Å²) in [5.74, 6) is 0.431. The zero-order valence-electron chi connectivity index (χ0n) is 19.7. The maximum Gasteiger partial charge on any atom is 0.225 e. The third kappa shape index (κ3) is 5.57. The van der Waals surface area contributed by atoms with Crippen molar-refractivity contribution >= 4 is 22.6 Å². The number of anilines is 1. The van der Waals surface area contributed by atoms with Crippen molar-refractivity contribution in [2.75, 3.05) is 11.9 Å². The van der Waals surface area contributed by atoms with Gasteiger partial charge < -0.3 is 10.6 Å². The minimum atomic E-state index is -0.472. The molecule has 0 unspecified atom stereocenters. The van der Waals surface area contributed by atoms with Crippen LogP contribution in [0.3, 0.4) is 0 Å². The van der Waals surface area contributed by atoms with E-state index in [1.54, 1.807) is 12.4 Å². The second kappa shape index (κ2) is 10.00. The molecule has 0 spiro atoms. The van der Waals surface area contributed by atoms with E-state index in [1.165, 1.54) is 6.07 Å². The van der Waals surface area contributed by atoms with Crippen LogP contribution in [0, 0.1) is 11.2 Å². The number of carbonyl (C=O) groups excluding carboxylic acids is 1. The highest BCUT2D eigenvalue weighted by atomic mass is 19.1. The van der Waals surface area contributed by atoms with Crippen LogP contribution in [0.25, 0.3) is 22.0 Å². The van der Waals surface area contributed by atoms with E-state index in [9.17, 15) is 9.18 Å². The molecule has 0 saturated carbocycles. The van der Waals surface area contributed by atoms with E-state index in [0.717, 1.165) is 33.4 Å². The number of nitrogens with one attached hydrogen (secondary N) is 2. The van der Waals surface area contributed by atoms with Crippen LogP contribution in [-0.2, 0) is 17.8 Å². The van der Waals surface area contributed by atoms with Crippen LogP contribution in [-0.4, -0.2) is 22.4 Å². The van der Waals surface area contributed by atoms with E-state index in [0.29, 0.717) is 25.1 Å². The molecule has 6 heteroatoms. The number of fused-ring (bicyclic) bond motifs is 1. The number of aromatic nitrogens is 2. The summed E-state index contributed by atoms with van der Waals surface area (Å²) in [7, 11) is 0. The van der Waals surface area contributed by atoms with Crippen molar-refractivity contribution in [3.8, 4) is 11.1 Å². The summed E-state index contributed by atoms with van der Waals surface area (Å²) in [6.45, 7) is 6.61. The molecule has 3 aromatic carbocycles. The van der Waals surface area contributed by atoms with Crippen LogP contribution in [0.5, 0.6) is 0 Å². The fourth-order valence-corrected chi connectivity index (χ4v) is 3.68. The van der Waals surface area contributed by atoms with E-state index >= 15 is 0 Å². The molecule has 174 valence electrons. The molecule has 2 N–H and O–H groups in total. The molecule has 0 saturated heterocycles. The zero-order chi connectivity index (χ0) is 24.1. The number of carbonyl (C=O) groups is 1. The van der Waals surface area contributed by atoms with Gasteiger partial charge >= 0.3 is 0 Å². The number of hydrogen-bond acceptors (Lipinski definition) is 4. The summed E-state index contributed by atoms with van der Waals surface area (Å²) in [5, 5.41) is 7.19. The van der Waals surface area contributed by atoms with Gasteiger partial charge in [0.25, 0.3) is 0 Å². The first kappa shape index (κ1) is 23.4. The number of nitrogens with zero attached hydrogens (tertiary/aromatic N) is 2. The standard InChI is InChI=1S/C28H29FN4O/c1-28(2,3)27(34)30-14-13-22-15-20(9-11-24(22)29)21-10-12-25-23(16-21)26(33-18-32-25)31-17-19-7-5-4-6-8-19/h4-12,15-16,18H,13-14,17H2,1-3H3,(H,30,34)(H,31,32,33). The van der Waals surface area contributed by atoms with E-state index in [1.807, 2.05) is 63.2 Å². The highest BCUT2D eigenvalue weighted by Crippen LogP contribution is 2.28. The van der Waals surface area contributed by atoms with Crippen molar-refractivity contribution < 1.29 is 9.18 Å². The van der Waals surface area contributed by atoms with Crippen molar-refractivity contribution in [2.45, 2.75) is 33.7 Å². The first-order chi connectivity index (χ1) is 16.3. The van der Waals surface area contributed by atoms with Crippen LogP contribution in [0.15, 0.2) is 73.1 Å². The molecule has 0 atom stereocenters. The first-order valence-corrected chi connectivity index (χ1v) is 11.4. The van der Waals surface area contributed by atoms with Gasteiger partial charge in [-0.1, -0.05) is 63.2 Å². The maximum absolute atomic E-state index is 14.5. The Labute approximate surface area is 199 Å². The second-order valence-electron chi connectivity index (χ2n) is 9.36. The third-order valence-corrected chi connectivity index (χ3v) is 5.68. The maximum atomic E-state index is 14.5. The van der Waals surface area contributed by atoms with Gasteiger partial charge in [0.1, 0.15) is 18.0 Å². The van der Waals surface area contributed by atoms with Gasteiger partial charge in [-0.2, -0.15) is 0 Å². The van der Waals surface area contributed by atoms with Gasteiger partial charge in [0.15, 0.2) is 0 Å². The van der Waals surface area contributed by atoms with Gasteiger partial charge in [-0.15, -0.1) is 0 Å². The van der Waals surface area contributed by atoms with E-state index < -0.39 is 5.41 Å². The molecule has 0 bridgehead atoms. The van der Waals surface area contributed by atoms with Crippen molar-refractivity contribution in [2.24, 2.45) is 5.41 Å². The number of halogens is 1. The summed E-state index contributed by atoms with van der Waals surface area (Å²) >= 11 is 0. The van der Waals surface area contributed by atoms with Crippen LogP contribution >= 0.6 is 0 Å². The fourth-order valence-electron chi connectivity index (χ4n) is 3.68. The number of benzene rings is 3. The Balaban J connectivity index is 1.56. The summed E-state index contributed by atoms with van der Waals surface area (Å²) < 4.78 is 14.5. The second-order valence-corrected chi connectivity index (χ2v) is 9.36. The molecule has 1 aromatic heterocycles. The molecular formula is C28H29FN4O. The van der Waals surface area contributed by atoms with Gasteiger partial charge in [-0.05, 0) is 52.9 Å². The molecule has 4 aromatic rings. The molecule has 4 rings (SSSR count). The SMILES string of the molecule is CC(C)(C)C(=O)NCCc1cc(-c2ccc3ncnc(NCc4ccccc4)c3c2)ccc1F. The lowest BCUT2D eigenvalue weighted by molar-refractivity contribution is -0.128. The van der Waals surface area contributed by atoms with Crippen LogP contribution in [0.2, 0.25) is 0 Å². The minimum absolute atomic E-state index is 0.0471. The van der Waals surface area contributed by atoms with Gasteiger partial charge in [-0.3, -0.25) is 4.79 Å². The summed E-state index contributed by atoms with van der Waals surface area (Å²) in [4.78, 5) is 20.9. The quantitative estimate of drug-likeness (QED) is 0.371. The van der Waals surface area contributed by atoms with Crippen LogP contribution in [0.1, 0.15) is 31.9 Å². The molecule has 0 aliphatic heterocycles. The predicted octanol–water partition coefficient (Wildman–Crippen LogP) is 5.75. The Bertz CT molecular complexity index is 1300. The number of hydrogen-bond donors (Lipinski definition) is 2. The van der Waals surface area contributed by atoms with Gasteiger partial charge in [0.05, 0.1) is 5.52 Å². The van der Waals surface area contributed by atoms with Gasteiger partial charge in [0.2, 0.25) is 5.91 Å². The molecule has 1 amide bonds. The minimum Gasteiger partial charge on any atom is -0.365 e. The third-order valence-electron chi connectivity index (χ3n) is 5.68. The van der Waals surface area contributed by atoms with Gasteiger partial charge in [0, 0.05) is 23.9 Å². The monoisotopic (exact) mass is 456 g/mol. The lowest BCUT2D eigenvalue weighted by Crippen LogP contribution is -2.36. The highest BCUT2D eigenvalue weighted by Gasteiger charge is 2.20. The summed E-state index contributed by atoms with van der Waals surface area (Å²) in [5.41, 5.74) is 3.94. The predicted molar refractivity (Wildman–Crippen MR) is 135 cm³/mol. The van der Waals surface area contributed by atoms with E-state index in [4.69, 9.17) is 0 Å². The van der Waals surface area contributed by atoms with E-state index in [2.05, 4.69) is 32.7 Å². The zero-order valence-corrected chi connectivity index (χ0v) is 19.7. The topological polar surface area (TPSA) is 66.9 Å². The molecule has 0 aliphatic rings. The Morgan fingerprint density at radius 2 is 1.68 bits per heavy atom. The normalized spacial score (nSPS) is 11.4. The summed E-state index contributed by atoms with van der Waals surface area (Å²) in [6, 6.07) is 21.2. The molecule has 5 nitrogen and oxygen atoms in total. The molecular weight excluding hydrogens is 427 g/mol. The first-order valence-electron chi connectivity index (χ1n) is 11.4. The Morgan fingerprint density at radius 1 is 0.941 bits per heavy atom. The van der Waals surface area contributed by atoms with Gasteiger partial charge in [-0.25, -0.2) is 14.4 Å². The molecule has 1 heterocycles. The molecule has 0 aliphatic carbocycles. The van der Waals surface area contributed by atoms with Crippen molar-refractivity contribution in [1.82, 2.24) is 15.3 Å². The lowest BCUT2D eigenvalue weighted by Gasteiger charge is -2.17. The Morgan fingerprint density at radius 3 is 2.44 bits per heavy atom. The number of amides is 1. The van der Waals surface area contributed by atoms with E-state index in [-0.39, 0.29) is 11.7 Å². The molecule has 0 fully saturated rings. The average Bonchev–Trinajstić information content (AvgIpc) is 2.83. The highest BCUT2D eigenvalue weighted by molar-refractivity contribution is 5.92.